The number of fused-ring (bicyclic) bond motifs is 1. The van der Waals surface area contributed by atoms with E-state index in [0.29, 0.717) is 18.0 Å². The molecule has 0 aliphatic heterocycles. The number of rotatable bonds is 9. The first kappa shape index (κ1) is 23.5. The molecule has 0 saturated carbocycles. The van der Waals surface area contributed by atoms with Gasteiger partial charge in [0.15, 0.2) is 0 Å². The highest BCUT2D eigenvalue weighted by Crippen LogP contribution is 2.24. The van der Waals surface area contributed by atoms with Gasteiger partial charge in [-0.1, -0.05) is 66.7 Å². The lowest BCUT2D eigenvalue weighted by Crippen LogP contribution is -2.37. The average molecular weight is 475 g/mol. The molecule has 0 fully saturated rings. The number of amides is 1. The molecule has 0 spiro atoms. The molecule has 6 nitrogen and oxygen atoms in total. The van der Waals surface area contributed by atoms with Gasteiger partial charge in [-0.25, -0.2) is 8.42 Å². The Hall–Kier alpha value is -3.68. The third kappa shape index (κ3) is 5.44. The predicted octanol–water partition coefficient (Wildman–Crippen LogP) is 5.07. The maximum absolute atomic E-state index is 13.5. The second-order valence-corrected chi connectivity index (χ2v) is 9.68. The molecular weight excluding hydrogens is 448 g/mol. The van der Waals surface area contributed by atoms with Gasteiger partial charge in [0.25, 0.3) is 0 Å². The average Bonchev–Trinajstić information content (AvgIpc) is 2.85. The maximum Gasteiger partial charge on any atom is 0.243 e. The number of sulfonamides is 1. The van der Waals surface area contributed by atoms with Crippen molar-refractivity contribution < 1.29 is 17.9 Å². The van der Waals surface area contributed by atoms with Crippen LogP contribution in [0.3, 0.4) is 0 Å². The molecule has 0 radical (unpaired) electrons. The molecule has 34 heavy (non-hydrogen) atoms. The van der Waals surface area contributed by atoms with Crippen molar-refractivity contribution in [2.45, 2.75) is 18.4 Å². The summed E-state index contributed by atoms with van der Waals surface area (Å²) in [6, 6.07) is 28.8. The van der Waals surface area contributed by atoms with Crippen molar-refractivity contribution in [2.24, 2.45) is 0 Å². The Morgan fingerprint density at radius 3 is 2.26 bits per heavy atom. The van der Waals surface area contributed by atoms with Crippen molar-refractivity contribution in [2.75, 3.05) is 18.5 Å². The topological polar surface area (TPSA) is 75.7 Å². The summed E-state index contributed by atoms with van der Waals surface area (Å²) in [5.74, 6) is 0.173. The van der Waals surface area contributed by atoms with Gasteiger partial charge in [0, 0.05) is 17.6 Å². The van der Waals surface area contributed by atoms with Crippen LogP contribution in [0.25, 0.3) is 10.8 Å². The molecular formula is C27H26N2O4S. The minimum absolute atomic E-state index is 0.0688. The third-order valence-electron chi connectivity index (χ3n) is 5.36. The summed E-state index contributed by atoms with van der Waals surface area (Å²) in [6.07, 6.45) is 0. The molecule has 0 aromatic heterocycles. The van der Waals surface area contributed by atoms with Gasteiger partial charge in [0.05, 0.1) is 18.0 Å². The van der Waals surface area contributed by atoms with Crippen LogP contribution in [-0.4, -0.2) is 31.8 Å². The lowest BCUT2D eigenvalue weighted by Gasteiger charge is -2.22. The van der Waals surface area contributed by atoms with Gasteiger partial charge < -0.3 is 10.1 Å². The quantitative estimate of drug-likeness (QED) is 0.368. The highest BCUT2D eigenvalue weighted by molar-refractivity contribution is 7.89. The molecule has 0 saturated heterocycles. The van der Waals surface area contributed by atoms with Crippen molar-refractivity contribution in [1.82, 2.24) is 4.31 Å². The van der Waals surface area contributed by atoms with Gasteiger partial charge in [0.1, 0.15) is 5.75 Å². The van der Waals surface area contributed by atoms with Gasteiger partial charge in [0.2, 0.25) is 15.9 Å². The van der Waals surface area contributed by atoms with Crippen molar-refractivity contribution in [1.29, 1.82) is 0 Å². The van der Waals surface area contributed by atoms with Gasteiger partial charge in [-0.15, -0.1) is 0 Å². The Bertz CT molecular complexity index is 1370. The number of carbonyl (C=O) groups is 1. The number of benzene rings is 4. The Labute approximate surface area is 199 Å². The number of nitrogens with zero attached hydrogens (tertiary/aromatic N) is 1. The molecule has 1 amide bonds. The van der Waals surface area contributed by atoms with E-state index in [9.17, 15) is 13.2 Å². The summed E-state index contributed by atoms with van der Waals surface area (Å²) in [4.78, 5) is 13.1. The van der Waals surface area contributed by atoms with Gasteiger partial charge >= 0.3 is 0 Å². The van der Waals surface area contributed by atoms with Crippen LogP contribution in [0.2, 0.25) is 0 Å². The van der Waals surface area contributed by atoms with Crippen LogP contribution in [0.15, 0.2) is 102 Å². The molecule has 0 bridgehead atoms. The first-order chi connectivity index (χ1) is 16.5. The van der Waals surface area contributed by atoms with E-state index in [-0.39, 0.29) is 18.0 Å². The van der Waals surface area contributed by atoms with E-state index in [1.165, 1.54) is 16.4 Å². The van der Waals surface area contributed by atoms with Crippen LogP contribution >= 0.6 is 0 Å². The molecule has 7 heteroatoms. The Kier molecular flexibility index (Phi) is 7.25. The summed E-state index contributed by atoms with van der Waals surface area (Å²) < 4.78 is 33.6. The monoisotopic (exact) mass is 474 g/mol. The van der Waals surface area contributed by atoms with Crippen LogP contribution in [-0.2, 0) is 21.4 Å². The number of hydrogen-bond acceptors (Lipinski definition) is 4. The molecule has 0 aliphatic carbocycles. The molecule has 0 heterocycles. The van der Waals surface area contributed by atoms with Gasteiger partial charge in [-0.3, -0.25) is 4.79 Å². The molecule has 4 rings (SSSR count). The van der Waals surface area contributed by atoms with Crippen molar-refractivity contribution >= 4 is 32.4 Å². The third-order valence-corrected chi connectivity index (χ3v) is 7.16. The molecule has 4 aromatic carbocycles. The second-order valence-electron chi connectivity index (χ2n) is 7.74. The predicted molar refractivity (Wildman–Crippen MR) is 134 cm³/mol. The molecule has 1 N–H and O–H groups in total. The fourth-order valence-electron chi connectivity index (χ4n) is 3.72. The number of nitrogens with one attached hydrogen (secondary N) is 1. The van der Waals surface area contributed by atoms with E-state index >= 15 is 0 Å². The zero-order valence-electron chi connectivity index (χ0n) is 18.8. The first-order valence-corrected chi connectivity index (χ1v) is 12.5. The van der Waals surface area contributed by atoms with Crippen molar-refractivity contribution in [3.63, 3.8) is 0 Å². The lowest BCUT2D eigenvalue weighted by molar-refractivity contribution is -0.116. The van der Waals surface area contributed by atoms with Crippen molar-refractivity contribution in [3.8, 4) is 5.75 Å². The molecule has 4 aromatic rings. The van der Waals surface area contributed by atoms with E-state index < -0.39 is 15.9 Å². The molecule has 174 valence electrons. The largest absolute Gasteiger partial charge is 0.494 e. The fourth-order valence-corrected chi connectivity index (χ4v) is 5.11. The molecule has 0 unspecified atom stereocenters. The zero-order valence-corrected chi connectivity index (χ0v) is 19.7. The number of anilines is 1. The van der Waals surface area contributed by atoms with E-state index in [4.69, 9.17) is 4.74 Å². The minimum Gasteiger partial charge on any atom is -0.494 e. The molecule has 0 aliphatic rings. The number of ether oxygens (including phenoxy) is 1. The lowest BCUT2D eigenvalue weighted by atomic mass is 10.1. The van der Waals surface area contributed by atoms with E-state index in [1.54, 1.807) is 12.1 Å². The smallest absolute Gasteiger partial charge is 0.243 e. The van der Waals surface area contributed by atoms with E-state index in [1.807, 2.05) is 79.7 Å². The maximum atomic E-state index is 13.5. The van der Waals surface area contributed by atoms with Crippen LogP contribution < -0.4 is 10.1 Å². The summed E-state index contributed by atoms with van der Waals surface area (Å²) in [5, 5.41) is 4.77. The van der Waals surface area contributed by atoms with Crippen molar-refractivity contribution in [3.05, 3.63) is 103 Å². The Morgan fingerprint density at radius 1 is 0.853 bits per heavy atom. The number of hydrogen-bond donors (Lipinski definition) is 1. The highest BCUT2D eigenvalue weighted by Gasteiger charge is 2.27. The van der Waals surface area contributed by atoms with E-state index in [2.05, 4.69) is 5.32 Å². The van der Waals surface area contributed by atoms with Crippen LogP contribution in [0.1, 0.15) is 12.5 Å². The zero-order chi connectivity index (χ0) is 24.0. The van der Waals surface area contributed by atoms with Gasteiger partial charge in [-0.2, -0.15) is 4.31 Å². The van der Waals surface area contributed by atoms with E-state index in [0.717, 1.165) is 16.3 Å². The molecule has 0 atom stereocenters. The standard InChI is InChI=1S/C27H26N2O4S/c1-2-33-23-15-17-24(18-16-23)34(31,32)29(19-21-9-4-3-5-10-21)20-27(30)28-26-14-8-12-22-11-6-7-13-25(22)26/h3-18H,2,19-20H2,1H3,(H,28,30). The summed E-state index contributed by atoms with van der Waals surface area (Å²) in [7, 11) is -3.94. The second kappa shape index (κ2) is 10.5. The fraction of sp³-hybridized carbons (Fsp3) is 0.148. The normalized spacial score (nSPS) is 11.5. The number of carbonyl (C=O) groups excluding carboxylic acids is 1. The highest BCUT2D eigenvalue weighted by atomic mass is 32.2. The Morgan fingerprint density at radius 2 is 1.53 bits per heavy atom. The summed E-state index contributed by atoms with van der Waals surface area (Å²) in [6.45, 7) is 2.09. The Balaban J connectivity index is 1.61. The van der Waals surface area contributed by atoms with Crippen LogP contribution in [0.4, 0.5) is 5.69 Å². The SMILES string of the molecule is CCOc1ccc(S(=O)(=O)N(CC(=O)Nc2cccc3ccccc23)Cc2ccccc2)cc1. The van der Waals surface area contributed by atoms with Gasteiger partial charge in [-0.05, 0) is 48.2 Å². The first-order valence-electron chi connectivity index (χ1n) is 11.0. The van der Waals surface area contributed by atoms with Crippen LogP contribution in [0, 0.1) is 0 Å². The summed E-state index contributed by atoms with van der Waals surface area (Å²) >= 11 is 0. The summed E-state index contributed by atoms with van der Waals surface area (Å²) in [5.41, 5.74) is 1.43. The van der Waals surface area contributed by atoms with Crippen LogP contribution in [0.5, 0.6) is 5.75 Å². The minimum atomic E-state index is -3.94.